The van der Waals surface area contributed by atoms with Crippen LogP contribution in [0.25, 0.3) is 0 Å². The Morgan fingerprint density at radius 2 is 1.53 bits per heavy atom. The largest absolute Gasteiger partial charge is 0.481 e. The zero-order valence-corrected chi connectivity index (χ0v) is 10.2. The van der Waals surface area contributed by atoms with Gasteiger partial charge in [0, 0.05) is 0 Å². The summed E-state index contributed by atoms with van der Waals surface area (Å²) in [5.41, 5.74) is 0. The fourth-order valence-electron chi connectivity index (χ4n) is 3.00. The number of aliphatic hydroxyl groups excluding tert-OH is 1. The van der Waals surface area contributed by atoms with Crippen molar-refractivity contribution in [3.05, 3.63) is 0 Å². The van der Waals surface area contributed by atoms with Crippen molar-refractivity contribution in [2.45, 2.75) is 69.7 Å². The second kappa shape index (κ2) is 5.83. The average Bonchev–Trinajstić information content (AvgIpc) is 2.32. The first-order valence-electron chi connectivity index (χ1n) is 6.75. The van der Waals surface area contributed by atoms with Crippen LogP contribution in [0.1, 0.15) is 51.4 Å². The second-order valence-electron chi connectivity index (χ2n) is 5.29. The van der Waals surface area contributed by atoms with E-state index in [0.717, 1.165) is 44.9 Å². The van der Waals surface area contributed by atoms with E-state index in [1.807, 2.05) is 0 Å². The molecule has 0 aliphatic heterocycles. The van der Waals surface area contributed by atoms with Crippen molar-refractivity contribution in [3.8, 4) is 0 Å². The SMILES string of the molecule is O=C(O)C1CCCCC1OC1CCCCC1O. The highest BCUT2D eigenvalue weighted by atomic mass is 16.5. The molecule has 0 heterocycles. The molecule has 2 rings (SSSR count). The van der Waals surface area contributed by atoms with Crippen LogP contribution in [0, 0.1) is 5.92 Å². The van der Waals surface area contributed by atoms with Crippen molar-refractivity contribution in [1.82, 2.24) is 0 Å². The summed E-state index contributed by atoms with van der Waals surface area (Å²) < 4.78 is 5.89. The molecule has 0 saturated heterocycles. The maximum atomic E-state index is 11.1. The Labute approximate surface area is 102 Å². The maximum absolute atomic E-state index is 11.1. The molecule has 2 aliphatic rings. The molecule has 2 N–H and O–H groups in total. The van der Waals surface area contributed by atoms with Gasteiger partial charge in [0.25, 0.3) is 0 Å². The van der Waals surface area contributed by atoms with Gasteiger partial charge in [0.05, 0.1) is 24.2 Å². The predicted molar refractivity (Wildman–Crippen MR) is 62.7 cm³/mol. The van der Waals surface area contributed by atoms with E-state index >= 15 is 0 Å². The first-order valence-corrected chi connectivity index (χ1v) is 6.75. The normalized spacial score (nSPS) is 38.9. The van der Waals surface area contributed by atoms with Crippen LogP contribution in [0.3, 0.4) is 0 Å². The third kappa shape index (κ3) is 3.19. The molecule has 0 spiro atoms. The average molecular weight is 242 g/mol. The molecular formula is C13H22O4. The van der Waals surface area contributed by atoms with E-state index in [2.05, 4.69) is 0 Å². The van der Waals surface area contributed by atoms with Gasteiger partial charge in [0.2, 0.25) is 0 Å². The van der Waals surface area contributed by atoms with Gasteiger partial charge in [-0.3, -0.25) is 4.79 Å². The minimum absolute atomic E-state index is 0.145. The Morgan fingerprint density at radius 1 is 0.941 bits per heavy atom. The molecule has 2 aliphatic carbocycles. The zero-order valence-electron chi connectivity index (χ0n) is 10.2. The van der Waals surface area contributed by atoms with Crippen molar-refractivity contribution in [1.29, 1.82) is 0 Å². The highest BCUT2D eigenvalue weighted by molar-refractivity contribution is 5.70. The first kappa shape index (κ1) is 12.8. The molecule has 2 fully saturated rings. The van der Waals surface area contributed by atoms with Crippen LogP contribution < -0.4 is 0 Å². The van der Waals surface area contributed by atoms with Gasteiger partial charge in [-0.2, -0.15) is 0 Å². The minimum atomic E-state index is -0.750. The Kier molecular flexibility index (Phi) is 4.40. The second-order valence-corrected chi connectivity index (χ2v) is 5.29. The Bertz CT molecular complexity index is 266. The molecule has 2 saturated carbocycles. The predicted octanol–water partition coefficient (Wildman–Crippen LogP) is 1.95. The standard InChI is InChI=1S/C13H22O4/c14-10-6-2-4-8-12(10)17-11-7-3-1-5-9(11)13(15)16/h9-12,14H,1-8H2,(H,15,16). The molecule has 4 heteroatoms. The number of carboxylic acid groups (broad SMARTS) is 1. The summed E-state index contributed by atoms with van der Waals surface area (Å²) in [7, 11) is 0. The Morgan fingerprint density at radius 3 is 2.18 bits per heavy atom. The van der Waals surface area contributed by atoms with Crippen molar-refractivity contribution in [2.75, 3.05) is 0 Å². The molecular weight excluding hydrogens is 220 g/mol. The molecule has 98 valence electrons. The third-order valence-electron chi connectivity index (χ3n) is 4.04. The molecule has 0 aromatic rings. The van der Waals surface area contributed by atoms with Crippen LogP contribution in [0.4, 0.5) is 0 Å². The monoisotopic (exact) mass is 242 g/mol. The summed E-state index contributed by atoms with van der Waals surface area (Å²) in [4.78, 5) is 11.1. The van der Waals surface area contributed by atoms with Gasteiger partial charge in [0.15, 0.2) is 0 Å². The van der Waals surface area contributed by atoms with Gasteiger partial charge in [0.1, 0.15) is 0 Å². The van der Waals surface area contributed by atoms with Crippen molar-refractivity contribution in [3.63, 3.8) is 0 Å². The highest BCUT2D eigenvalue weighted by Gasteiger charge is 2.35. The number of aliphatic hydroxyl groups is 1. The lowest BCUT2D eigenvalue weighted by Crippen LogP contribution is -2.41. The summed E-state index contributed by atoms with van der Waals surface area (Å²) in [5.74, 6) is -1.13. The van der Waals surface area contributed by atoms with Gasteiger partial charge in [-0.15, -0.1) is 0 Å². The molecule has 4 nitrogen and oxygen atoms in total. The van der Waals surface area contributed by atoms with E-state index in [4.69, 9.17) is 9.84 Å². The molecule has 4 unspecified atom stereocenters. The van der Waals surface area contributed by atoms with Crippen LogP contribution in [0.15, 0.2) is 0 Å². The van der Waals surface area contributed by atoms with Crippen LogP contribution in [-0.2, 0) is 9.53 Å². The Hall–Kier alpha value is -0.610. The van der Waals surface area contributed by atoms with Crippen molar-refractivity contribution >= 4 is 5.97 Å². The number of carbonyl (C=O) groups is 1. The fourth-order valence-corrected chi connectivity index (χ4v) is 3.00. The van der Waals surface area contributed by atoms with E-state index in [1.165, 1.54) is 0 Å². The minimum Gasteiger partial charge on any atom is -0.481 e. The first-order chi connectivity index (χ1) is 8.18. The fraction of sp³-hybridized carbons (Fsp3) is 0.923. The quantitative estimate of drug-likeness (QED) is 0.793. The molecule has 4 atom stereocenters. The maximum Gasteiger partial charge on any atom is 0.309 e. The van der Waals surface area contributed by atoms with E-state index in [9.17, 15) is 9.90 Å². The highest BCUT2D eigenvalue weighted by Crippen LogP contribution is 2.31. The van der Waals surface area contributed by atoms with Crippen LogP contribution >= 0.6 is 0 Å². The van der Waals surface area contributed by atoms with Crippen LogP contribution in [0.5, 0.6) is 0 Å². The molecule has 0 aromatic heterocycles. The zero-order chi connectivity index (χ0) is 12.3. The van der Waals surface area contributed by atoms with Crippen LogP contribution in [-0.4, -0.2) is 34.5 Å². The summed E-state index contributed by atoms with van der Waals surface area (Å²) >= 11 is 0. The Balaban J connectivity index is 1.92. The smallest absolute Gasteiger partial charge is 0.309 e. The van der Waals surface area contributed by atoms with Gasteiger partial charge in [-0.25, -0.2) is 0 Å². The van der Waals surface area contributed by atoms with Crippen molar-refractivity contribution in [2.24, 2.45) is 5.92 Å². The number of hydrogen-bond acceptors (Lipinski definition) is 3. The summed E-state index contributed by atoms with van der Waals surface area (Å²) in [6.45, 7) is 0. The lowest BCUT2D eigenvalue weighted by molar-refractivity contribution is -0.159. The summed E-state index contributed by atoms with van der Waals surface area (Å²) in [5, 5.41) is 19.0. The number of ether oxygens (including phenoxy) is 1. The van der Waals surface area contributed by atoms with E-state index < -0.39 is 12.1 Å². The lowest BCUT2D eigenvalue weighted by atomic mass is 9.85. The summed E-state index contributed by atoms with van der Waals surface area (Å²) in [6.07, 6.45) is 6.58. The van der Waals surface area contributed by atoms with E-state index in [1.54, 1.807) is 0 Å². The van der Waals surface area contributed by atoms with Gasteiger partial charge in [-0.1, -0.05) is 25.7 Å². The lowest BCUT2D eigenvalue weighted by Gasteiger charge is -2.35. The van der Waals surface area contributed by atoms with Crippen LogP contribution in [0.2, 0.25) is 0 Å². The number of hydrogen-bond donors (Lipinski definition) is 2. The molecule has 17 heavy (non-hydrogen) atoms. The van der Waals surface area contributed by atoms with E-state index in [-0.39, 0.29) is 18.1 Å². The van der Waals surface area contributed by atoms with Gasteiger partial charge in [-0.05, 0) is 25.7 Å². The van der Waals surface area contributed by atoms with E-state index in [0.29, 0.717) is 6.42 Å². The summed E-state index contributed by atoms with van der Waals surface area (Å²) in [6, 6.07) is 0. The third-order valence-corrected chi connectivity index (χ3v) is 4.04. The molecule has 0 bridgehead atoms. The van der Waals surface area contributed by atoms with Crippen molar-refractivity contribution < 1.29 is 19.7 Å². The van der Waals surface area contributed by atoms with Gasteiger partial charge < -0.3 is 14.9 Å². The molecule has 0 aromatic carbocycles. The number of aliphatic carboxylic acids is 1. The molecule has 0 radical (unpaired) electrons. The molecule has 0 amide bonds. The number of carboxylic acids is 1. The number of rotatable bonds is 3. The van der Waals surface area contributed by atoms with Gasteiger partial charge >= 0.3 is 5.97 Å². The topological polar surface area (TPSA) is 66.8 Å².